The molecule has 0 bridgehead atoms. The zero-order valence-corrected chi connectivity index (χ0v) is 10.7. The quantitative estimate of drug-likeness (QED) is 0.887. The van der Waals surface area contributed by atoms with E-state index in [-0.39, 0.29) is 0 Å². The summed E-state index contributed by atoms with van der Waals surface area (Å²) in [4.78, 5) is 16.7. The number of carbonyl (C=O) groups is 1. The smallest absolute Gasteiger partial charge is 0.414 e. The van der Waals surface area contributed by atoms with Gasteiger partial charge in [-0.05, 0) is 20.8 Å². The van der Waals surface area contributed by atoms with Crippen molar-refractivity contribution in [3.63, 3.8) is 0 Å². The number of ether oxygens (including phenoxy) is 1. The van der Waals surface area contributed by atoms with E-state index in [1.54, 1.807) is 12.5 Å². The molecular weight excluding hydrogens is 228 g/mol. The molecule has 5 nitrogen and oxygen atoms in total. The van der Waals surface area contributed by atoms with Gasteiger partial charge < -0.3 is 9.84 Å². The lowest BCUT2D eigenvalue weighted by Crippen LogP contribution is -2.45. The van der Waals surface area contributed by atoms with Gasteiger partial charge in [0.1, 0.15) is 0 Å². The number of hydrogen-bond donors (Lipinski definition) is 1. The number of thiazole rings is 1. The van der Waals surface area contributed by atoms with Crippen molar-refractivity contribution in [3.8, 4) is 0 Å². The van der Waals surface area contributed by atoms with Crippen LogP contribution < -0.4 is 4.90 Å². The minimum atomic E-state index is -0.995. The molecule has 1 amide bonds. The van der Waals surface area contributed by atoms with E-state index in [1.165, 1.54) is 16.2 Å². The first-order valence-electron chi connectivity index (χ1n) is 4.82. The van der Waals surface area contributed by atoms with E-state index in [2.05, 4.69) is 4.98 Å². The third kappa shape index (κ3) is 2.93. The number of hydrogen-bond acceptors (Lipinski definition) is 4. The zero-order chi connectivity index (χ0) is 12.3. The Kier molecular flexibility index (Phi) is 3.88. The number of methoxy groups -OCH3 is 1. The summed E-state index contributed by atoms with van der Waals surface area (Å²) in [6, 6.07) is 0. The molecular formula is C10H16N2O3S. The molecule has 90 valence electrons. The van der Waals surface area contributed by atoms with E-state index in [1.807, 2.05) is 20.8 Å². The standard InChI is InChI=1S/C10H16N2O3S/c1-10(2,3)12(9(13)14)8-11-7(5-15-4)6-16-8/h6H,5H2,1-4H3,(H,13,14). The summed E-state index contributed by atoms with van der Waals surface area (Å²) in [6.45, 7) is 5.89. The SMILES string of the molecule is COCc1csc(N(C(=O)O)C(C)(C)C)n1. The molecule has 0 aliphatic rings. The average molecular weight is 244 g/mol. The van der Waals surface area contributed by atoms with Crippen LogP contribution >= 0.6 is 11.3 Å². The van der Waals surface area contributed by atoms with Crippen LogP contribution in [-0.2, 0) is 11.3 Å². The van der Waals surface area contributed by atoms with Crippen LogP contribution in [0.4, 0.5) is 9.93 Å². The Hall–Kier alpha value is -1.14. The fourth-order valence-corrected chi connectivity index (χ4v) is 2.26. The predicted molar refractivity (Wildman–Crippen MR) is 63.1 cm³/mol. The summed E-state index contributed by atoms with van der Waals surface area (Å²) in [5.41, 5.74) is 0.242. The van der Waals surface area contributed by atoms with Crippen molar-refractivity contribution in [1.82, 2.24) is 4.98 Å². The van der Waals surface area contributed by atoms with Crippen LogP contribution in [0.5, 0.6) is 0 Å². The van der Waals surface area contributed by atoms with Crippen molar-refractivity contribution >= 4 is 22.6 Å². The highest BCUT2D eigenvalue weighted by Gasteiger charge is 2.30. The summed E-state index contributed by atoms with van der Waals surface area (Å²) in [7, 11) is 1.58. The highest BCUT2D eigenvalue weighted by atomic mass is 32.1. The number of aromatic nitrogens is 1. The summed E-state index contributed by atoms with van der Waals surface area (Å²) >= 11 is 1.31. The molecule has 16 heavy (non-hydrogen) atoms. The molecule has 0 fully saturated rings. The number of nitrogens with zero attached hydrogens (tertiary/aromatic N) is 2. The third-order valence-corrected chi connectivity index (χ3v) is 2.76. The van der Waals surface area contributed by atoms with Crippen LogP contribution in [0, 0.1) is 0 Å². The molecule has 0 saturated heterocycles. The van der Waals surface area contributed by atoms with Crippen LogP contribution in [0.15, 0.2) is 5.38 Å². The van der Waals surface area contributed by atoms with Crippen molar-refractivity contribution < 1.29 is 14.6 Å². The maximum Gasteiger partial charge on any atom is 0.414 e. The molecule has 0 aliphatic heterocycles. The lowest BCUT2D eigenvalue weighted by molar-refractivity contribution is 0.181. The van der Waals surface area contributed by atoms with E-state index in [0.29, 0.717) is 11.7 Å². The van der Waals surface area contributed by atoms with Gasteiger partial charge >= 0.3 is 6.09 Å². The van der Waals surface area contributed by atoms with Crippen molar-refractivity contribution in [1.29, 1.82) is 0 Å². The maximum atomic E-state index is 11.2. The van der Waals surface area contributed by atoms with Crippen LogP contribution in [0.3, 0.4) is 0 Å². The van der Waals surface area contributed by atoms with E-state index < -0.39 is 11.6 Å². The van der Waals surface area contributed by atoms with Crippen LogP contribution in [0.25, 0.3) is 0 Å². The molecule has 0 radical (unpaired) electrons. The molecule has 1 aromatic heterocycles. The molecule has 0 saturated carbocycles. The Morgan fingerprint density at radius 3 is 2.69 bits per heavy atom. The third-order valence-electron chi connectivity index (χ3n) is 1.89. The Labute approximate surface area is 98.7 Å². The lowest BCUT2D eigenvalue weighted by Gasteiger charge is -2.30. The average Bonchev–Trinajstić information content (AvgIpc) is 2.50. The van der Waals surface area contributed by atoms with Gasteiger partial charge in [0.05, 0.1) is 12.3 Å². The van der Waals surface area contributed by atoms with Crippen LogP contribution in [0.2, 0.25) is 0 Å². The van der Waals surface area contributed by atoms with Crippen molar-refractivity contribution in [2.75, 3.05) is 12.0 Å². The first-order chi connectivity index (χ1) is 7.36. The Balaban J connectivity index is 2.98. The van der Waals surface area contributed by atoms with Crippen LogP contribution in [-0.4, -0.2) is 28.8 Å². The lowest BCUT2D eigenvalue weighted by atomic mass is 10.1. The van der Waals surface area contributed by atoms with Crippen molar-refractivity contribution in [2.45, 2.75) is 32.9 Å². The van der Waals surface area contributed by atoms with Gasteiger partial charge in [-0.25, -0.2) is 14.7 Å². The Bertz CT molecular complexity index is 370. The van der Waals surface area contributed by atoms with E-state index in [9.17, 15) is 4.79 Å². The van der Waals surface area contributed by atoms with Crippen molar-refractivity contribution in [3.05, 3.63) is 11.1 Å². The largest absolute Gasteiger partial charge is 0.465 e. The van der Waals surface area contributed by atoms with Gasteiger partial charge in [-0.3, -0.25) is 0 Å². The fraction of sp³-hybridized carbons (Fsp3) is 0.600. The Morgan fingerprint density at radius 1 is 1.62 bits per heavy atom. The highest BCUT2D eigenvalue weighted by molar-refractivity contribution is 7.14. The van der Waals surface area contributed by atoms with Gasteiger partial charge in [0.15, 0.2) is 5.13 Å². The van der Waals surface area contributed by atoms with Crippen LogP contribution in [0.1, 0.15) is 26.5 Å². The van der Waals surface area contributed by atoms with Gasteiger partial charge in [-0.2, -0.15) is 0 Å². The zero-order valence-electron chi connectivity index (χ0n) is 9.85. The molecule has 6 heteroatoms. The molecule has 1 aromatic rings. The molecule has 0 spiro atoms. The second kappa shape index (κ2) is 4.80. The minimum Gasteiger partial charge on any atom is -0.465 e. The van der Waals surface area contributed by atoms with Gasteiger partial charge in [-0.1, -0.05) is 0 Å². The van der Waals surface area contributed by atoms with Gasteiger partial charge in [-0.15, -0.1) is 11.3 Å². The maximum absolute atomic E-state index is 11.2. The Morgan fingerprint density at radius 2 is 2.25 bits per heavy atom. The second-order valence-corrected chi connectivity index (χ2v) is 5.18. The number of rotatable bonds is 3. The topological polar surface area (TPSA) is 62.7 Å². The van der Waals surface area contributed by atoms with E-state index >= 15 is 0 Å². The van der Waals surface area contributed by atoms with Crippen molar-refractivity contribution in [2.24, 2.45) is 0 Å². The normalized spacial score (nSPS) is 11.5. The number of amides is 1. The fourth-order valence-electron chi connectivity index (χ4n) is 1.27. The molecule has 1 rings (SSSR count). The molecule has 0 atom stereocenters. The summed E-state index contributed by atoms with van der Waals surface area (Å²) in [5, 5.41) is 11.4. The summed E-state index contributed by atoms with van der Waals surface area (Å²) < 4.78 is 4.95. The minimum absolute atomic E-state index is 0.397. The predicted octanol–water partition coefficient (Wildman–Crippen LogP) is 2.57. The van der Waals surface area contributed by atoms with Gasteiger partial charge in [0, 0.05) is 18.0 Å². The second-order valence-electron chi connectivity index (χ2n) is 4.34. The first-order valence-corrected chi connectivity index (χ1v) is 5.70. The molecule has 1 heterocycles. The van der Waals surface area contributed by atoms with Gasteiger partial charge in [0.25, 0.3) is 0 Å². The van der Waals surface area contributed by atoms with E-state index in [0.717, 1.165) is 5.69 Å². The molecule has 0 aliphatic carbocycles. The molecule has 1 N–H and O–H groups in total. The summed E-state index contributed by atoms with van der Waals surface area (Å²) in [6.07, 6.45) is -0.995. The number of carboxylic acid groups (broad SMARTS) is 1. The molecule has 0 unspecified atom stereocenters. The first kappa shape index (κ1) is 12.9. The van der Waals surface area contributed by atoms with Gasteiger partial charge in [0.2, 0.25) is 0 Å². The van der Waals surface area contributed by atoms with E-state index in [4.69, 9.17) is 9.84 Å². The monoisotopic (exact) mass is 244 g/mol. The summed E-state index contributed by atoms with van der Waals surface area (Å²) in [5.74, 6) is 0. The number of anilines is 1. The highest BCUT2D eigenvalue weighted by Crippen LogP contribution is 2.27. The molecule has 0 aromatic carbocycles.